The van der Waals surface area contributed by atoms with Gasteiger partial charge in [-0.05, 0) is 35.9 Å². The molecular formula is C20H18F3N3O3S. The van der Waals surface area contributed by atoms with Gasteiger partial charge in [-0.2, -0.15) is 13.2 Å². The highest BCUT2D eigenvalue weighted by molar-refractivity contribution is 7.17. The van der Waals surface area contributed by atoms with Crippen LogP contribution in [0.3, 0.4) is 0 Å². The maximum Gasteiger partial charge on any atom is 0.416 e. The molecule has 0 aliphatic carbocycles. The third-order valence-corrected chi connectivity index (χ3v) is 6.23. The number of carbonyl (C=O) groups excluding carboxylic acids is 1. The molecule has 10 heteroatoms. The van der Waals surface area contributed by atoms with Gasteiger partial charge in [0.15, 0.2) is 0 Å². The van der Waals surface area contributed by atoms with Gasteiger partial charge in [-0.3, -0.25) is 14.2 Å². The van der Waals surface area contributed by atoms with Gasteiger partial charge in [0.1, 0.15) is 4.70 Å². The van der Waals surface area contributed by atoms with E-state index in [4.69, 9.17) is 0 Å². The Kier molecular flexibility index (Phi) is 5.27. The van der Waals surface area contributed by atoms with Gasteiger partial charge >= 0.3 is 11.9 Å². The molecule has 3 aromatic rings. The number of halogens is 3. The summed E-state index contributed by atoms with van der Waals surface area (Å²) in [6.07, 6.45) is -3.74. The number of aromatic amines is 1. The van der Waals surface area contributed by atoms with Crippen LogP contribution in [0.2, 0.25) is 0 Å². The van der Waals surface area contributed by atoms with Gasteiger partial charge in [0.2, 0.25) is 5.91 Å². The lowest BCUT2D eigenvalue weighted by atomic mass is 10.0. The van der Waals surface area contributed by atoms with Gasteiger partial charge in [0.05, 0.1) is 17.5 Å². The summed E-state index contributed by atoms with van der Waals surface area (Å²) >= 11 is 1.26. The smallest absolute Gasteiger partial charge is 0.342 e. The van der Waals surface area contributed by atoms with E-state index in [1.54, 1.807) is 16.3 Å². The summed E-state index contributed by atoms with van der Waals surface area (Å²) in [4.78, 5) is 41.9. The molecule has 1 aliphatic rings. The number of likely N-dealkylation sites (tertiary alicyclic amines) is 1. The molecule has 0 atom stereocenters. The van der Waals surface area contributed by atoms with Gasteiger partial charge in [-0.25, -0.2) is 4.79 Å². The Bertz CT molecular complexity index is 1200. The zero-order valence-corrected chi connectivity index (χ0v) is 16.6. The van der Waals surface area contributed by atoms with Crippen molar-refractivity contribution in [3.05, 3.63) is 67.7 Å². The monoisotopic (exact) mass is 437 g/mol. The number of rotatable bonds is 3. The number of thiophene rings is 1. The van der Waals surface area contributed by atoms with Gasteiger partial charge in [-0.15, -0.1) is 11.3 Å². The number of fused-ring (bicyclic) bond motifs is 1. The number of nitrogens with zero attached hydrogens (tertiary/aromatic N) is 2. The van der Waals surface area contributed by atoms with Crippen LogP contribution in [0, 0.1) is 0 Å². The van der Waals surface area contributed by atoms with Crippen LogP contribution in [0.15, 0.2) is 45.3 Å². The molecule has 0 spiro atoms. The first-order chi connectivity index (χ1) is 14.2. The van der Waals surface area contributed by atoms with Crippen molar-refractivity contribution in [3.63, 3.8) is 0 Å². The molecule has 0 saturated carbocycles. The molecule has 1 amide bonds. The molecule has 6 nitrogen and oxygen atoms in total. The van der Waals surface area contributed by atoms with Crippen molar-refractivity contribution in [2.75, 3.05) is 13.1 Å². The summed E-state index contributed by atoms with van der Waals surface area (Å²) in [5, 5.41) is 1.74. The molecule has 2 aromatic heterocycles. The predicted octanol–water partition coefficient (Wildman–Crippen LogP) is 3.18. The van der Waals surface area contributed by atoms with E-state index in [1.165, 1.54) is 28.0 Å². The third-order valence-electron chi connectivity index (χ3n) is 5.33. The van der Waals surface area contributed by atoms with Crippen LogP contribution in [0.4, 0.5) is 13.2 Å². The molecule has 1 saturated heterocycles. The molecule has 30 heavy (non-hydrogen) atoms. The average Bonchev–Trinajstić information content (AvgIpc) is 3.17. The Morgan fingerprint density at radius 2 is 1.90 bits per heavy atom. The maximum atomic E-state index is 12.9. The van der Waals surface area contributed by atoms with Crippen LogP contribution in [-0.2, 0) is 17.4 Å². The van der Waals surface area contributed by atoms with Crippen molar-refractivity contribution in [2.24, 2.45) is 0 Å². The number of carbonyl (C=O) groups is 1. The lowest BCUT2D eigenvalue weighted by molar-refractivity contribution is -0.138. The molecule has 1 aromatic carbocycles. The van der Waals surface area contributed by atoms with Crippen LogP contribution < -0.4 is 11.2 Å². The Morgan fingerprint density at radius 1 is 1.17 bits per heavy atom. The van der Waals surface area contributed by atoms with Gasteiger partial charge in [-0.1, -0.05) is 18.2 Å². The SMILES string of the molecule is O=C(Cc1cccc(C(F)(F)F)c1)N1CCC(n2c(=O)[nH]c3ccsc3c2=O)CC1. The largest absolute Gasteiger partial charge is 0.416 e. The van der Waals surface area contributed by atoms with E-state index in [0.717, 1.165) is 12.1 Å². The van der Waals surface area contributed by atoms with E-state index in [2.05, 4.69) is 4.98 Å². The van der Waals surface area contributed by atoms with E-state index in [0.29, 0.717) is 41.7 Å². The first-order valence-electron chi connectivity index (χ1n) is 9.40. The maximum absolute atomic E-state index is 12.9. The fourth-order valence-corrected chi connectivity index (χ4v) is 4.58. The summed E-state index contributed by atoms with van der Waals surface area (Å²) in [6.45, 7) is 0.660. The van der Waals surface area contributed by atoms with Crippen molar-refractivity contribution in [3.8, 4) is 0 Å². The first kappa shape index (κ1) is 20.4. The van der Waals surface area contributed by atoms with Crippen LogP contribution in [0.25, 0.3) is 10.2 Å². The summed E-state index contributed by atoms with van der Waals surface area (Å²) in [5.41, 5.74) is -0.779. The third kappa shape index (κ3) is 3.91. The van der Waals surface area contributed by atoms with Gasteiger partial charge in [0, 0.05) is 19.1 Å². The second-order valence-electron chi connectivity index (χ2n) is 7.26. The van der Waals surface area contributed by atoms with E-state index < -0.39 is 17.4 Å². The number of hydrogen-bond donors (Lipinski definition) is 1. The summed E-state index contributed by atoms with van der Waals surface area (Å²) in [6, 6.07) is 6.10. The molecule has 158 valence electrons. The van der Waals surface area contributed by atoms with Crippen molar-refractivity contribution in [1.82, 2.24) is 14.5 Å². The van der Waals surface area contributed by atoms with E-state index >= 15 is 0 Å². The Balaban J connectivity index is 1.45. The quantitative estimate of drug-likeness (QED) is 0.684. The highest BCUT2D eigenvalue weighted by Crippen LogP contribution is 2.30. The van der Waals surface area contributed by atoms with Crippen molar-refractivity contribution < 1.29 is 18.0 Å². The molecule has 1 aliphatic heterocycles. The number of nitrogens with one attached hydrogen (secondary N) is 1. The molecule has 1 fully saturated rings. The van der Waals surface area contributed by atoms with Gasteiger partial charge in [0.25, 0.3) is 5.56 Å². The zero-order chi connectivity index (χ0) is 21.5. The van der Waals surface area contributed by atoms with Crippen molar-refractivity contribution in [2.45, 2.75) is 31.5 Å². The second-order valence-corrected chi connectivity index (χ2v) is 8.17. The van der Waals surface area contributed by atoms with E-state index in [-0.39, 0.29) is 23.9 Å². The molecule has 1 N–H and O–H groups in total. The molecule has 3 heterocycles. The summed E-state index contributed by atoms with van der Waals surface area (Å²) < 4.78 is 40.3. The predicted molar refractivity (Wildman–Crippen MR) is 107 cm³/mol. The number of alkyl halides is 3. The number of aromatic nitrogens is 2. The van der Waals surface area contributed by atoms with E-state index in [1.807, 2.05) is 0 Å². The number of piperidine rings is 1. The molecule has 4 rings (SSSR count). The second kappa shape index (κ2) is 7.75. The fraction of sp³-hybridized carbons (Fsp3) is 0.350. The minimum atomic E-state index is -4.46. The number of hydrogen-bond acceptors (Lipinski definition) is 4. The lowest BCUT2D eigenvalue weighted by Crippen LogP contribution is -2.45. The van der Waals surface area contributed by atoms with Crippen LogP contribution in [0.5, 0.6) is 0 Å². The topological polar surface area (TPSA) is 75.2 Å². The zero-order valence-electron chi connectivity index (χ0n) is 15.7. The molecule has 0 radical (unpaired) electrons. The Hall–Kier alpha value is -2.88. The highest BCUT2D eigenvalue weighted by atomic mass is 32.1. The Labute approximate surface area is 172 Å². The van der Waals surface area contributed by atoms with Crippen LogP contribution in [-0.4, -0.2) is 33.4 Å². The minimum Gasteiger partial charge on any atom is -0.342 e. The van der Waals surface area contributed by atoms with Crippen LogP contribution in [0.1, 0.15) is 30.0 Å². The summed E-state index contributed by atoms with van der Waals surface area (Å²) in [7, 11) is 0. The average molecular weight is 437 g/mol. The normalized spacial score (nSPS) is 15.6. The first-order valence-corrected chi connectivity index (χ1v) is 10.3. The summed E-state index contributed by atoms with van der Waals surface area (Å²) in [5.74, 6) is -0.275. The lowest BCUT2D eigenvalue weighted by Gasteiger charge is -2.32. The highest BCUT2D eigenvalue weighted by Gasteiger charge is 2.31. The van der Waals surface area contributed by atoms with Crippen molar-refractivity contribution >= 4 is 27.5 Å². The number of H-pyrrole nitrogens is 1. The standard InChI is InChI=1S/C20H18F3N3O3S/c21-20(22,23)13-3-1-2-12(10-13)11-16(27)25-7-4-14(5-8-25)26-18(28)17-15(6-9-30-17)24-19(26)29/h1-3,6,9-10,14H,4-5,7-8,11H2,(H,24,29). The van der Waals surface area contributed by atoms with E-state index in [9.17, 15) is 27.6 Å². The van der Waals surface area contributed by atoms with Crippen molar-refractivity contribution in [1.29, 1.82) is 0 Å². The molecule has 0 unspecified atom stereocenters. The fourth-order valence-electron chi connectivity index (χ4n) is 3.80. The van der Waals surface area contributed by atoms with Crippen LogP contribution >= 0.6 is 11.3 Å². The number of amides is 1. The van der Waals surface area contributed by atoms with Gasteiger partial charge < -0.3 is 9.88 Å². The molecular weight excluding hydrogens is 419 g/mol. The number of benzene rings is 1. The Morgan fingerprint density at radius 3 is 2.60 bits per heavy atom. The molecule has 0 bridgehead atoms. The minimum absolute atomic E-state index is 0.129.